The number of ketones is 1. The molecule has 0 atom stereocenters. The Balaban J connectivity index is 2.23. The van der Waals surface area contributed by atoms with E-state index in [1.54, 1.807) is 49.6 Å². The van der Waals surface area contributed by atoms with Gasteiger partial charge in [0.15, 0.2) is 11.5 Å². The lowest BCUT2D eigenvalue weighted by molar-refractivity contribution is 0.106. The van der Waals surface area contributed by atoms with Gasteiger partial charge in [0, 0.05) is 12.0 Å². The second-order valence-corrected chi connectivity index (χ2v) is 4.61. The number of methoxy groups -OCH3 is 2. The van der Waals surface area contributed by atoms with Crippen LogP contribution in [-0.2, 0) is 6.42 Å². The third-order valence-corrected chi connectivity index (χ3v) is 3.24. The van der Waals surface area contributed by atoms with E-state index in [0.29, 0.717) is 17.1 Å². The number of carbonyl (C=O) groups excluding carboxylic acids is 1. The minimum absolute atomic E-state index is 0.0680. The lowest BCUT2D eigenvalue weighted by Crippen LogP contribution is -2.17. The van der Waals surface area contributed by atoms with E-state index in [2.05, 4.69) is 5.16 Å². The number of nitrogens with zero attached hydrogens (tertiary/aromatic N) is 1. The fourth-order valence-electron chi connectivity index (χ4n) is 2.10. The van der Waals surface area contributed by atoms with Gasteiger partial charge < -0.3 is 14.7 Å². The summed E-state index contributed by atoms with van der Waals surface area (Å²) in [5.41, 5.74) is 1.34. The first-order chi connectivity index (χ1) is 10.7. The van der Waals surface area contributed by atoms with Crippen molar-refractivity contribution in [2.24, 2.45) is 5.16 Å². The summed E-state index contributed by atoms with van der Waals surface area (Å²) in [6.45, 7) is 0. The molecule has 2 rings (SSSR count). The summed E-state index contributed by atoms with van der Waals surface area (Å²) in [6.07, 6.45) is 0.199. The normalized spacial score (nSPS) is 11.1. The summed E-state index contributed by atoms with van der Waals surface area (Å²) in [5, 5.41) is 12.3. The molecule has 114 valence electrons. The highest BCUT2D eigenvalue weighted by Gasteiger charge is 2.16. The van der Waals surface area contributed by atoms with Crippen molar-refractivity contribution < 1.29 is 19.5 Å². The summed E-state index contributed by atoms with van der Waals surface area (Å²) in [7, 11) is 3.09. The molecule has 0 spiro atoms. The maximum absolute atomic E-state index is 12.3. The third kappa shape index (κ3) is 3.44. The van der Waals surface area contributed by atoms with Crippen LogP contribution in [0.15, 0.2) is 53.7 Å². The maximum Gasteiger partial charge on any atom is 0.210 e. The van der Waals surface area contributed by atoms with Gasteiger partial charge in [-0.3, -0.25) is 4.79 Å². The number of benzene rings is 2. The third-order valence-electron chi connectivity index (χ3n) is 3.24. The van der Waals surface area contributed by atoms with Crippen molar-refractivity contribution in [2.75, 3.05) is 14.2 Å². The predicted octanol–water partition coefficient (Wildman–Crippen LogP) is 2.96. The first kappa shape index (κ1) is 15.6. The van der Waals surface area contributed by atoms with Gasteiger partial charge in [-0.05, 0) is 17.7 Å². The minimum Gasteiger partial charge on any atom is -0.493 e. The Kier molecular flexibility index (Phi) is 5.14. The van der Waals surface area contributed by atoms with Gasteiger partial charge in [0.25, 0.3) is 0 Å². The first-order valence-electron chi connectivity index (χ1n) is 6.71. The van der Waals surface area contributed by atoms with E-state index in [1.165, 1.54) is 7.11 Å². The number of Topliss-reactive ketones (excluding diaryl/α,β-unsaturated/α-hetero) is 1. The summed E-state index contributed by atoms with van der Waals surface area (Å²) < 4.78 is 10.4. The van der Waals surface area contributed by atoms with Gasteiger partial charge >= 0.3 is 0 Å². The fourth-order valence-corrected chi connectivity index (χ4v) is 2.10. The highest BCUT2D eigenvalue weighted by Crippen LogP contribution is 2.27. The molecule has 0 saturated heterocycles. The molecule has 0 amide bonds. The van der Waals surface area contributed by atoms with E-state index in [-0.39, 0.29) is 17.9 Å². The van der Waals surface area contributed by atoms with Crippen LogP contribution in [0.1, 0.15) is 15.9 Å². The van der Waals surface area contributed by atoms with E-state index >= 15 is 0 Å². The number of hydrogen-bond acceptors (Lipinski definition) is 5. The molecule has 0 heterocycles. The topological polar surface area (TPSA) is 68.1 Å². The molecule has 22 heavy (non-hydrogen) atoms. The molecule has 0 radical (unpaired) electrons. The van der Waals surface area contributed by atoms with E-state index in [9.17, 15) is 4.79 Å². The van der Waals surface area contributed by atoms with E-state index in [0.717, 1.165) is 5.56 Å². The van der Waals surface area contributed by atoms with Gasteiger partial charge in [-0.2, -0.15) is 0 Å². The Hall–Kier alpha value is -2.82. The number of hydrogen-bond donors (Lipinski definition) is 1. The number of rotatable bonds is 6. The van der Waals surface area contributed by atoms with Crippen molar-refractivity contribution in [3.05, 3.63) is 59.7 Å². The van der Waals surface area contributed by atoms with Crippen LogP contribution >= 0.6 is 0 Å². The van der Waals surface area contributed by atoms with Crippen LogP contribution in [0, 0.1) is 0 Å². The molecule has 5 nitrogen and oxygen atoms in total. The molecule has 0 aromatic heterocycles. The van der Waals surface area contributed by atoms with Gasteiger partial charge in [-0.15, -0.1) is 0 Å². The van der Waals surface area contributed by atoms with Gasteiger partial charge in [-0.1, -0.05) is 41.6 Å². The van der Waals surface area contributed by atoms with Crippen LogP contribution in [0.5, 0.6) is 11.5 Å². The smallest absolute Gasteiger partial charge is 0.210 e. The Morgan fingerprint density at radius 1 is 1.05 bits per heavy atom. The Bertz CT molecular complexity index is 680. The second kappa shape index (κ2) is 7.26. The Morgan fingerprint density at radius 2 is 1.73 bits per heavy atom. The van der Waals surface area contributed by atoms with Gasteiger partial charge in [0.05, 0.1) is 14.2 Å². The van der Waals surface area contributed by atoms with Gasteiger partial charge in [-0.25, -0.2) is 0 Å². The zero-order valence-corrected chi connectivity index (χ0v) is 12.4. The van der Waals surface area contributed by atoms with Crippen LogP contribution in [0.4, 0.5) is 0 Å². The molecule has 5 heteroatoms. The summed E-state index contributed by atoms with van der Waals surface area (Å²) in [4.78, 5) is 12.3. The largest absolute Gasteiger partial charge is 0.493 e. The van der Waals surface area contributed by atoms with Crippen molar-refractivity contribution in [2.45, 2.75) is 6.42 Å². The standard InChI is InChI=1S/C17H17NO4/c1-21-15-9-8-12(11-16(15)22-2)10-14(18-20)17(19)13-6-4-3-5-7-13/h3-9,11,20H,10H2,1-2H3/b18-14+. The molecule has 2 aromatic rings. The van der Waals surface area contributed by atoms with Crippen LogP contribution in [0.25, 0.3) is 0 Å². The monoisotopic (exact) mass is 299 g/mol. The number of ether oxygens (including phenoxy) is 2. The Labute approximate surface area is 128 Å². The van der Waals surface area contributed by atoms with Crippen LogP contribution in [0.3, 0.4) is 0 Å². The summed E-state index contributed by atoms with van der Waals surface area (Å²) >= 11 is 0. The lowest BCUT2D eigenvalue weighted by Gasteiger charge is -2.10. The van der Waals surface area contributed by atoms with Gasteiger partial charge in [0.2, 0.25) is 5.78 Å². The van der Waals surface area contributed by atoms with Crippen LogP contribution in [-0.4, -0.2) is 30.9 Å². The van der Waals surface area contributed by atoms with Crippen molar-refractivity contribution >= 4 is 11.5 Å². The van der Waals surface area contributed by atoms with Crippen molar-refractivity contribution in [1.82, 2.24) is 0 Å². The van der Waals surface area contributed by atoms with Crippen LogP contribution in [0.2, 0.25) is 0 Å². The second-order valence-electron chi connectivity index (χ2n) is 4.61. The maximum atomic E-state index is 12.3. The SMILES string of the molecule is COc1ccc(C/C(=N\O)C(=O)c2ccccc2)cc1OC. The molecular formula is C17H17NO4. The number of carbonyl (C=O) groups is 1. The molecule has 1 N–H and O–H groups in total. The van der Waals surface area contributed by atoms with E-state index in [1.807, 2.05) is 6.07 Å². The average Bonchev–Trinajstić information content (AvgIpc) is 2.59. The number of oxime groups is 1. The highest BCUT2D eigenvalue weighted by molar-refractivity contribution is 6.46. The molecule has 0 bridgehead atoms. The first-order valence-corrected chi connectivity index (χ1v) is 6.71. The lowest BCUT2D eigenvalue weighted by atomic mass is 10.0. The fraction of sp³-hybridized carbons (Fsp3) is 0.176. The predicted molar refractivity (Wildman–Crippen MR) is 83.2 cm³/mol. The van der Waals surface area contributed by atoms with Crippen molar-refractivity contribution in [3.8, 4) is 11.5 Å². The van der Waals surface area contributed by atoms with Gasteiger partial charge in [0.1, 0.15) is 5.71 Å². The molecule has 0 unspecified atom stereocenters. The highest BCUT2D eigenvalue weighted by atomic mass is 16.5. The van der Waals surface area contributed by atoms with Crippen LogP contribution < -0.4 is 9.47 Å². The van der Waals surface area contributed by atoms with Crippen molar-refractivity contribution in [3.63, 3.8) is 0 Å². The molecule has 0 saturated carbocycles. The summed E-state index contributed by atoms with van der Waals surface area (Å²) in [5.74, 6) is 0.852. The summed E-state index contributed by atoms with van der Waals surface area (Å²) in [6, 6.07) is 14.0. The molecule has 0 aliphatic carbocycles. The molecule has 0 fully saturated rings. The minimum atomic E-state index is -0.308. The quantitative estimate of drug-likeness (QED) is 0.385. The average molecular weight is 299 g/mol. The molecule has 0 aliphatic heterocycles. The molecule has 0 aliphatic rings. The molecular weight excluding hydrogens is 282 g/mol. The van der Waals surface area contributed by atoms with E-state index in [4.69, 9.17) is 14.7 Å². The Morgan fingerprint density at radius 3 is 2.32 bits per heavy atom. The van der Waals surface area contributed by atoms with Crippen molar-refractivity contribution in [1.29, 1.82) is 0 Å². The van der Waals surface area contributed by atoms with E-state index < -0.39 is 0 Å². The molecule has 2 aromatic carbocycles. The zero-order valence-electron chi connectivity index (χ0n) is 12.4. The zero-order chi connectivity index (χ0) is 15.9.